The maximum atomic E-state index is 12.8. The molecule has 1 heterocycles. The number of carbonyl (C=O) groups excluding carboxylic acids is 2. The Morgan fingerprint density at radius 2 is 1.86 bits per heavy atom. The quantitative estimate of drug-likeness (QED) is 0.868. The normalized spacial score (nSPS) is 21.3. The molecule has 0 radical (unpaired) electrons. The Kier molecular flexibility index (Phi) is 5.41. The number of benzene rings is 1. The van der Waals surface area contributed by atoms with Crippen LogP contribution in [0.5, 0.6) is 0 Å². The van der Waals surface area contributed by atoms with Crippen molar-refractivity contribution in [1.82, 2.24) is 4.90 Å². The fourth-order valence-corrected chi connectivity index (χ4v) is 3.06. The van der Waals surface area contributed by atoms with Crippen LogP contribution in [0.3, 0.4) is 0 Å². The number of amides is 1. The highest BCUT2D eigenvalue weighted by atomic mass is 16.5. The number of hydrogen-bond acceptors (Lipinski definition) is 4. The van der Waals surface area contributed by atoms with Crippen LogP contribution in [0.15, 0.2) is 24.3 Å². The van der Waals surface area contributed by atoms with E-state index < -0.39 is 0 Å². The number of anilines is 1. The number of nitrogens with one attached hydrogen (secondary N) is 1. The number of hydrogen-bond donors (Lipinski definition) is 1. The summed E-state index contributed by atoms with van der Waals surface area (Å²) in [6.07, 6.45) is 1.16. The van der Waals surface area contributed by atoms with E-state index in [-0.39, 0.29) is 18.4 Å². The van der Waals surface area contributed by atoms with Gasteiger partial charge in [-0.1, -0.05) is 26.0 Å². The zero-order chi connectivity index (χ0) is 16.1. The van der Waals surface area contributed by atoms with E-state index >= 15 is 0 Å². The third-order valence-corrected chi connectivity index (χ3v) is 3.96. The number of rotatable bonds is 4. The molecule has 0 bridgehead atoms. The van der Waals surface area contributed by atoms with Gasteiger partial charge in [-0.3, -0.25) is 9.59 Å². The van der Waals surface area contributed by atoms with E-state index in [1.807, 2.05) is 23.1 Å². The predicted molar refractivity (Wildman–Crippen MR) is 85.8 cm³/mol. The molecule has 2 atom stereocenters. The van der Waals surface area contributed by atoms with E-state index in [4.69, 9.17) is 0 Å². The molecule has 22 heavy (non-hydrogen) atoms. The summed E-state index contributed by atoms with van der Waals surface area (Å²) in [7, 11) is 1.34. The van der Waals surface area contributed by atoms with Gasteiger partial charge in [-0.25, -0.2) is 0 Å². The molecule has 0 aliphatic carbocycles. The third kappa shape index (κ3) is 4.00. The summed E-state index contributed by atoms with van der Waals surface area (Å²) >= 11 is 0. The van der Waals surface area contributed by atoms with E-state index in [0.717, 1.165) is 19.5 Å². The van der Waals surface area contributed by atoms with Crippen molar-refractivity contribution in [2.75, 3.05) is 32.1 Å². The molecule has 1 N–H and O–H groups in total. The molecule has 5 heteroatoms. The summed E-state index contributed by atoms with van der Waals surface area (Å²) in [5.41, 5.74) is 1.27. The van der Waals surface area contributed by atoms with E-state index in [1.54, 1.807) is 6.07 Å². The molecule has 2 rings (SSSR count). The molecular weight excluding hydrogens is 280 g/mol. The third-order valence-electron chi connectivity index (χ3n) is 3.96. The Morgan fingerprint density at radius 3 is 2.50 bits per heavy atom. The topological polar surface area (TPSA) is 58.6 Å². The maximum absolute atomic E-state index is 12.8. The molecule has 1 aromatic carbocycles. The van der Waals surface area contributed by atoms with Gasteiger partial charge in [0.25, 0.3) is 5.91 Å². The van der Waals surface area contributed by atoms with Gasteiger partial charge in [0, 0.05) is 18.8 Å². The van der Waals surface area contributed by atoms with Gasteiger partial charge in [0.05, 0.1) is 12.7 Å². The number of nitrogens with zero attached hydrogens (tertiary/aromatic N) is 1. The summed E-state index contributed by atoms with van der Waals surface area (Å²) in [6, 6.07) is 7.30. The zero-order valence-electron chi connectivity index (χ0n) is 13.5. The Balaban J connectivity index is 2.13. The molecule has 0 aromatic heterocycles. The van der Waals surface area contributed by atoms with E-state index in [1.165, 1.54) is 7.11 Å². The van der Waals surface area contributed by atoms with E-state index in [2.05, 4.69) is 23.9 Å². The summed E-state index contributed by atoms with van der Waals surface area (Å²) in [5, 5.41) is 2.98. The predicted octanol–water partition coefficient (Wildman–Crippen LogP) is 2.39. The molecule has 1 aromatic rings. The van der Waals surface area contributed by atoms with E-state index in [0.29, 0.717) is 23.1 Å². The van der Waals surface area contributed by atoms with Crippen LogP contribution in [0.4, 0.5) is 5.69 Å². The molecule has 0 spiro atoms. The Labute approximate surface area is 131 Å². The van der Waals surface area contributed by atoms with Gasteiger partial charge >= 0.3 is 5.97 Å². The molecule has 1 saturated heterocycles. The van der Waals surface area contributed by atoms with Crippen LogP contribution in [-0.2, 0) is 9.53 Å². The standard InChI is InChI=1S/C17H24N2O3/c1-12-8-13(2)11-19(10-12)17(21)14-6-4-5-7-15(14)18-9-16(20)22-3/h4-7,12-13,18H,8-11H2,1-3H3/t12-,13+. The largest absolute Gasteiger partial charge is 0.468 e. The number of ether oxygens (including phenoxy) is 1. The molecule has 1 amide bonds. The number of para-hydroxylation sites is 1. The minimum atomic E-state index is -0.359. The molecule has 5 nitrogen and oxygen atoms in total. The average Bonchev–Trinajstić information content (AvgIpc) is 2.51. The first-order chi connectivity index (χ1) is 10.5. The highest BCUT2D eigenvalue weighted by Crippen LogP contribution is 2.24. The van der Waals surface area contributed by atoms with Crippen molar-refractivity contribution in [3.05, 3.63) is 29.8 Å². The van der Waals surface area contributed by atoms with Gasteiger partial charge in [0.15, 0.2) is 0 Å². The number of esters is 1. The van der Waals surface area contributed by atoms with E-state index in [9.17, 15) is 9.59 Å². The fourth-order valence-electron chi connectivity index (χ4n) is 3.06. The summed E-state index contributed by atoms with van der Waals surface area (Å²) < 4.78 is 4.62. The fraction of sp³-hybridized carbons (Fsp3) is 0.529. The number of likely N-dealkylation sites (tertiary alicyclic amines) is 1. The lowest BCUT2D eigenvalue weighted by atomic mass is 9.91. The van der Waals surface area contributed by atoms with Crippen molar-refractivity contribution in [2.45, 2.75) is 20.3 Å². The molecule has 0 unspecified atom stereocenters. The highest BCUT2D eigenvalue weighted by molar-refractivity contribution is 6.00. The number of methoxy groups -OCH3 is 1. The molecular formula is C17H24N2O3. The van der Waals surface area contributed by atoms with Crippen molar-refractivity contribution in [2.24, 2.45) is 11.8 Å². The Hall–Kier alpha value is -2.04. The monoisotopic (exact) mass is 304 g/mol. The number of carbonyl (C=O) groups is 2. The first kappa shape index (κ1) is 16.3. The van der Waals surface area contributed by atoms with Crippen LogP contribution in [0.25, 0.3) is 0 Å². The lowest BCUT2D eigenvalue weighted by Gasteiger charge is -2.35. The average molecular weight is 304 g/mol. The van der Waals surface area contributed by atoms with Gasteiger partial charge < -0.3 is 15.0 Å². The maximum Gasteiger partial charge on any atom is 0.325 e. The van der Waals surface area contributed by atoms with Crippen molar-refractivity contribution in [1.29, 1.82) is 0 Å². The van der Waals surface area contributed by atoms with Crippen LogP contribution in [0.2, 0.25) is 0 Å². The second-order valence-electron chi connectivity index (χ2n) is 6.13. The van der Waals surface area contributed by atoms with Crippen molar-refractivity contribution >= 4 is 17.6 Å². The first-order valence-electron chi connectivity index (χ1n) is 7.70. The van der Waals surface area contributed by atoms with Gasteiger partial charge in [-0.15, -0.1) is 0 Å². The molecule has 1 aliphatic heterocycles. The first-order valence-corrected chi connectivity index (χ1v) is 7.70. The lowest BCUT2D eigenvalue weighted by molar-refractivity contribution is -0.138. The zero-order valence-corrected chi connectivity index (χ0v) is 13.5. The van der Waals surface area contributed by atoms with Crippen LogP contribution < -0.4 is 5.32 Å². The van der Waals surface area contributed by atoms with Crippen molar-refractivity contribution in [3.63, 3.8) is 0 Å². The van der Waals surface area contributed by atoms with Crippen LogP contribution in [0.1, 0.15) is 30.6 Å². The Bertz CT molecular complexity index is 534. The summed E-state index contributed by atoms with van der Waals surface area (Å²) in [5.74, 6) is 0.694. The lowest BCUT2D eigenvalue weighted by Crippen LogP contribution is -2.42. The van der Waals surface area contributed by atoms with Gasteiger partial charge in [-0.05, 0) is 30.4 Å². The molecule has 1 fully saturated rings. The minimum absolute atomic E-state index is 0.0198. The van der Waals surface area contributed by atoms with Gasteiger partial charge in [-0.2, -0.15) is 0 Å². The van der Waals surface area contributed by atoms with Gasteiger partial charge in [0.2, 0.25) is 0 Å². The highest BCUT2D eigenvalue weighted by Gasteiger charge is 2.27. The smallest absolute Gasteiger partial charge is 0.325 e. The van der Waals surface area contributed by atoms with Crippen molar-refractivity contribution in [3.8, 4) is 0 Å². The van der Waals surface area contributed by atoms with Gasteiger partial charge in [0.1, 0.15) is 6.54 Å². The summed E-state index contributed by atoms with van der Waals surface area (Å²) in [4.78, 5) is 26.0. The van der Waals surface area contributed by atoms with Crippen LogP contribution in [-0.4, -0.2) is 43.5 Å². The van der Waals surface area contributed by atoms with Crippen LogP contribution >= 0.6 is 0 Å². The molecule has 0 saturated carbocycles. The second kappa shape index (κ2) is 7.29. The Morgan fingerprint density at radius 1 is 1.23 bits per heavy atom. The number of piperidine rings is 1. The molecule has 120 valence electrons. The van der Waals surface area contributed by atoms with Crippen LogP contribution in [0, 0.1) is 11.8 Å². The minimum Gasteiger partial charge on any atom is -0.468 e. The molecule has 1 aliphatic rings. The second-order valence-corrected chi connectivity index (χ2v) is 6.13. The SMILES string of the molecule is COC(=O)CNc1ccccc1C(=O)N1C[C@H](C)C[C@H](C)C1. The van der Waals surface area contributed by atoms with Crippen molar-refractivity contribution < 1.29 is 14.3 Å². The summed E-state index contributed by atoms with van der Waals surface area (Å²) in [6.45, 7) is 5.98.